The van der Waals surface area contributed by atoms with Gasteiger partial charge in [0, 0.05) is 0 Å². The molecule has 0 heterocycles. The molecule has 0 aliphatic carbocycles. The molecular weight excluding hydrogens is 268 g/mol. The van der Waals surface area contributed by atoms with E-state index in [2.05, 4.69) is 0 Å². The Hall–Kier alpha value is -1.06. The van der Waals surface area contributed by atoms with Crippen molar-refractivity contribution in [1.82, 2.24) is 0 Å². The highest BCUT2D eigenvalue weighted by Gasteiger charge is 2.60. The molecule has 0 aliphatic rings. The maximum absolute atomic E-state index is 12.0. The average Bonchev–Trinajstić information content (AvgIpc) is 2.36. The van der Waals surface area contributed by atoms with Gasteiger partial charge >= 0.3 is 11.9 Å². The maximum Gasteiger partial charge on any atom is 0.321 e. The summed E-state index contributed by atoms with van der Waals surface area (Å²) in [4.78, 5) is 24.1. The summed E-state index contributed by atoms with van der Waals surface area (Å²) in [5, 5.41) is 19.7. The van der Waals surface area contributed by atoms with Gasteiger partial charge in [-0.2, -0.15) is 0 Å². The van der Waals surface area contributed by atoms with Crippen molar-refractivity contribution in [1.29, 1.82) is 0 Å². The van der Waals surface area contributed by atoms with Crippen LogP contribution < -0.4 is 0 Å². The highest BCUT2D eigenvalue weighted by molar-refractivity contribution is 5.99. The molecule has 0 aliphatic heterocycles. The smallest absolute Gasteiger partial charge is 0.321 e. The molecule has 4 nitrogen and oxygen atoms in total. The fourth-order valence-corrected chi connectivity index (χ4v) is 3.63. The molecular formula is C17H32O4. The van der Waals surface area contributed by atoms with Crippen molar-refractivity contribution < 1.29 is 19.8 Å². The van der Waals surface area contributed by atoms with Gasteiger partial charge in [0.05, 0.1) is 0 Å². The molecule has 0 aromatic heterocycles. The van der Waals surface area contributed by atoms with Gasteiger partial charge in [-0.1, -0.05) is 41.5 Å². The summed E-state index contributed by atoms with van der Waals surface area (Å²) in [6, 6.07) is 0. The maximum atomic E-state index is 12.0. The zero-order chi connectivity index (χ0) is 16.8. The van der Waals surface area contributed by atoms with Gasteiger partial charge in [0.2, 0.25) is 0 Å². The van der Waals surface area contributed by atoms with Crippen LogP contribution >= 0.6 is 0 Å². The minimum atomic E-state index is -1.69. The molecule has 124 valence electrons. The van der Waals surface area contributed by atoms with Crippen molar-refractivity contribution in [2.45, 2.75) is 73.6 Å². The van der Waals surface area contributed by atoms with E-state index in [4.69, 9.17) is 0 Å². The van der Waals surface area contributed by atoms with Gasteiger partial charge < -0.3 is 10.2 Å². The van der Waals surface area contributed by atoms with Crippen molar-refractivity contribution in [3.63, 3.8) is 0 Å². The first kappa shape index (κ1) is 19.9. The molecule has 0 atom stereocenters. The van der Waals surface area contributed by atoms with Gasteiger partial charge in [0.1, 0.15) is 0 Å². The third-order valence-corrected chi connectivity index (χ3v) is 4.88. The van der Waals surface area contributed by atoms with Crippen LogP contribution in [0.1, 0.15) is 73.6 Å². The molecule has 0 amide bonds. The average molecular weight is 300 g/mol. The molecule has 0 saturated heterocycles. The Morgan fingerprint density at radius 1 is 0.905 bits per heavy atom. The van der Waals surface area contributed by atoms with Crippen LogP contribution in [0, 0.1) is 22.7 Å². The Morgan fingerprint density at radius 2 is 1.33 bits per heavy atom. The Kier molecular flexibility index (Phi) is 7.41. The van der Waals surface area contributed by atoms with Gasteiger partial charge in [-0.3, -0.25) is 9.59 Å². The summed E-state index contributed by atoms with van der Waals surface area (Å²) in [5.41, 5.74) is -2.39. The molecule has 4 heteroatoms. The second kappa shape index (κ2) is 7.81. The van der Waals surface area contributed by atoms with E-state index in [1.54, 1.807) is 0 Å². The molecule has 0 bridgehead atoms. The number of carboxylic acids is 2. The van der Waals surface area contributed by atoms with E-state index < -0.39 is 22.8 Å². The highest BCUT2D eigenvalue weighted by atomic mass is 16.4. The van der Waals surface area contributed by atoms with E-state index in [0.29, 0.717) is 25.7 Å². The second-order valence-corrected chi connectivity index (χ2v) is 7.03. The van der Waals surface area contributed by atoms with Crippen molar-refractivity contribution in [2.24, 2.45) is 22.7 Å². The summed E-state index contributed by atoms with van der Waals surface area (Å²) in [5.74, 6) is -1.81. The summed E-state index contributed by atoms with van der Waals surface area (Å²) in [6.45, 7) is 11.9. The first-order valence-corrected chi connectivity index (χ1v) is 8.06. The second-order valence-electron chi connectivity index (χ2n) is 7.03. The van der Waals surface area contributed by atoms with Crippen LogP contribution in [0.15, 0.2) is 0 Å². The van der Waals surface area contributed by atoms with Crippen molar-refractivity contribution in [2.75, 3.05) is 0 Å². The highest BCUT2D eigenvalue weighted by Crippen LogP contribution is 2.53. The molecule has 0 fully saturated rings. The van der Waals surface area contributed by atoms with Gasteiger partial charge in [0.25, 0.3) is 0 Å². The van der Waals surface area contributed by atoms with Crippen LogP contribution in [-0.2, 0) is 9.59 Å². The third-order valence-electron chi connectivity index (χ3n) is 4.88. The van der Waals surface area contributed by atoms with Crippen LogP contribution in [0.2, 0.25) is 0 Å². The van der Waals surface area contributed by atoms with E-state index >= 15 is 0 Å². The van der Waals surface area contributed by atoms with E-state index in [-0.39, 0.29) is 18.3 Å². The molecule has 2 N–H and O–H groups in total. The lowest BCUT2D eigenvalue weighted by molar-refractivity contribution is -0.180. The SMILES string of the molecule is CCC(CC)(CC(C)C)C(CCC(C)C)(C(=O)O)C(=O)O. The fourth-order valence-electron chi connectivity index (χ4n) is 3.63. The van der Waals surface area contributed by atoms with Crippen molar-refractivity contribution >= 4 is 11.9 Å². The zero-order valence-electron chi connectivity index (χ0n) is 14.4. The Bertz CT molecular complexity index is 340. The molecule has 0 spiro atoms. The Labute approximate surface area is 128 Å². The lowest BCUT2D eigenvalue weighted by Gasteiger charge is -2.46. The van der Waals surface area contributed by atoms with Crippen LogP contribution in [0.5, 0.6) is 0 Å². The molecule has 0 aromatic rings. The van der Waals surface area contributed by atoms with Crippen molar-refractivity contribution in [3.8, 4) is 0 Å². The van der Waals surface area contributed by atoms with Gasteiger partial charge in [-0.25, -0.2) is 0 Å². The predicted octanol–water partition coefficient (Wildman–Crippen LogP) is 4.43. The minimum absolute atomic E-state index is 0.198. The monoisotopic (exact) mass is 300 g/mol. The molecule has 0 unspecified atom stereocenters. The van der Waals surface area contributed by atoms with Gasteiger partial charge in [0.15, 0.2) is 5.41 Å². The summed E-state index contributed by atoms with van der Waals surface area (Å²) in [6.07, 6.45) is 2.57. The summed E-state index contributed by atoms with van der Waals surface area (Å²) < 4.78 is 0. The lowest BCUT2D eigenvalue weighted by Crippen LogP contribution is -2.53. The fraction of sp³-hybridized carbons (Fsp3) is 0.882. The number of rotatable bonds is 10. The van der Waals surface area contributed by atoms with Crippen LogP contribution in [0.25, 0.3) is 0 Å². The topological polar surface area (TPSA) is 74.6 Å². The largest absolute Gasteiger partial charge is 0.480 e. The molecule has 0 aromatic carbocycles. The number of carbonyl (C=O) groups is 2. The van der Waals surface area contributed by atoms with Gasteiger partial charge in [-0.15, -0.1) is 0 Å². The lowest BCUT2D eigenvalue weighted by atomic mass is 9.55. The molecule has 0 saturated carbocycles. The predicted molar refractivity (Wildman–Crippen MR) is 84.2 cm³/mol. The van der Waals surface area contributed by atoms with E-state index in [1.807, 2.05) is 41.5 Å². The van der Waals surface area contributed by atoms with E-state index in [1.165, 1.54) is 0 Å². The molecule has 0 rings (SSSR count). The quantitative estimate of drug-likeness (QED) is 0.585. The van der Waals surface area contributed by atoms with Crippen LogP contribution in [0.4, 0.5) is 0 Å². The Balaban J connectivity index is 6.01. The number of hydrogen-bond donors (Lipinski definition) is 2. The van der Waals surface area contributed by atoms with Gasteiger partial charge in [-0.05, 0) is 49.4 Å². The van der Waals surface area contributed by atoms with Crippen LogP contribution in [-0.4, -0.2) is 22.2 Å². The first-order valence-electron chi connectivity index (χ1n) is 8.06. The van der Waals surface area contributed by atoms with E-state index in [9.17, 15) is 19.8 Å². The summed E-state index contributed by atoms with van der Waals surface area (Å²) in [7, 11) is 0. The van der Waals surface area contributed by atoms with Crippen molar-refractivity contribution in [3.05, 3.63) is 0 Å². The first-order chi connectivity index (χ1) is 9.59. The summed E-state index contributed by atoms with van der Waals surface area (Å²) >= 11 is 0. The zero-order valence-corrected chi connectivity index (χ0v) is 14.4. The number of aliphatic carboxylic acids is 2. The molecule has 21 heavy (non-hydrogen) atoms. The number of carboxylic acid groups (broad SMARTS) is 2. The molecule has 0 radical (unpaired) electrons. The third kappa shape index (κ3) is 3.98. The standard InChI is InChI=1S/C17H32O4/c1-7-16(8-2,11-13(5)6)17(14(18)19,15(20)21)10-9-12(3)4/h12-13H,7-11H2,1-6H3,(H,18,19)(H,20,21). The minimum Gasteiger partial charge on any atom is -0.480 e. The Morgan fingerprint density at radius 3 is 1.57 bits per heavy atom. The van der Waals surface area contributed by atoms with E-state index in [0.717, 1.165) is 0 Å². The normalized spacial score (nSPS) is 13.0. The van der Waals surface area contributed by atoms with Crippen LogP contribution in [0.3, 0.4) is 0 Å². The number of hydrogen-bond acceptors (Lipinski definition) is 2.